The SMILES string of the molecule is Cc1ccc2cc(C(C)(N)c3ccccc3F)ccc2n1. The first-order chi connectivity index (χ1) is 9.98. The predicted molar refractivity (Wildman–Crippen MR) is 83.5 cm³/mol. The first-order valence-corrected chi connectivity index (χ1v) is 6.90. The Hall–Kier alpha value is -2.26. The standard InChI is InChI=1S/C18H17FN2/c1-12-7-8-13-11-14(9-10-17(13)21-12)18(2,20)15-5-3-4-6-16(15)19/h3-11H,20H2,1-2H3. The molecule has 3 rings (SSSR count). The van der Waals surface area contributed by atoms with Gasteiger partial charge in [0.2, 0.25) is 0 Å². The average Bonchev–Trinajstić information content (AvgIpc) is 2.47. The predicted octanol–water partition coefficient (Wildman–Crippen LogP) is 3.90. The van der Waals surface area contributed by atoms with Crippen molar-refractivity contribution < 1.29 is 4.39 Å². The lowest BCUT2D eigenvalue weighted by Gasteiger charge is -2.26. The summed E-state index contributed by atoms with van der Waals surface area (Å²) in [7, 11) is 0. The van der Waals surface area contributed by atoms with Gasteiger partial charge in [0.05, 0.1) is 11.1 Å². The van der Waals surface area contributed by atoms with Crippen molar-refractivity contribution in [2.75, 3.05) is 0 Å². The molecule has 2 aromatic carbocycles. The third kappa shape index (κ3) is 2.41. The second kappa shape index (κ2) is 4.93. The van der Waals surface area contributed by atoms with Crippen molar-refractivity contribution >= 4 is 10.9 Å². The maximum atomic E-state index is 14.0. The lowest BCUT2D eigenvalue weighted by molar-refractivity contribution is 0.531. The number of rotatable bonds is 2. The smallest absolute Gasteiger partial charge is 0.128 e. The largest absolute Gasteiger partial charge is 0.318 e. The van der Waals surface area contributed by atoms with Gasteiger partial charge in [-0.1, -0.05) is 30.3 Å². The molecule has 0 radical (unpaired) electrons. The van der Waals surface area contributed by atoms with Crippen molar-refractivity contribution in [1.29, 1.82) is 0 Å². The molecule has 0 saturated heterocycles. The molecule has 0 bridgehead atoms. The van der Waals surface area contributed by atoms with Crippen LogP contribution in [0.15, 0.2) is 54.6 Å². The molecule has 1 heterocycles. The third-order valence-corrected chi connectivity index (χ3v) is 3.86. The van der Waals surface area contributed by atoms with E-state index >= 15 is 0 Å². The summed E-state index contributed by atoms with van der Waals surface area (Å²) in [5, 5.41) is 1.01. The minimum atomic E-state index is -0.885. The second-order valence-electron chi connectivity index (χ2n) is 5.54. The number of nitrogens with zero attached hydrogens (tertiary/aromatic N) is 1. The van der Waals surface area contributed by atoms with E-state index in [2.05, 4.69) is 4.98 Å². The Morgan fingerprint density at radius 3 is 2.57 bits per heavy atom. The highest BCUT2D eigenvalue weighted by atomic mass is 19.1. The molecule has 1 atom stereocenters. The first kappa shape index (κ1) is 13.7. The number of hydrogen-bond acceptors (Lipinski definition) is 2. The van der Waals surface area contributed by atoms with Gasteiger partial charge in [0, 0.05) is 16.6 Å². The zero-order valence-electron chi connectivity index (χ0n) is 12.1. The van der Waals surface area contributed by atoms with Gasteiger partial charge in [-0.3, -0.25) is 4.98 Å². The van der Waals surface area contributed by atoms with Crippen molar-refractivity contribution in [3.63, 3.8) is 0 Å². The minimum absolute atomic E-state index is 0.287. The van der Waals surface area contributed by atoms with Gasteiger partial charge in [-0.05, 0) is 43.7 Å². The van der Waals surface area contributed by atoms with Gasteiger partial charge in [0.15, 0.2) is 0 Å². The van der Waals surface area contributed by atoms with Crippen LogP contribution in [-0.4, -0.2) is 4.98 Å². The van der Waals surface area contributed by atoms with Crippen LogP contribution in [0.1, 0.15) is 23.7 Å². The summed E-state index contributed by atoms with van der Waals surface area (Å²) in [6.07, 6.45) is 0. The number of fused-ring (bicyclic) bond motifs is 1. The molecular weight excluding hydrogens is 263 g/mol. The highest BCUT2D eigenvalue weighted by molar-refractivity contribution is 5.79. The molecule has 3 aromatic rings. The molecule has 106 valence electrons. The summed E-state index contributed by atoms with van der Waals surface area (Å²) < 4.78 is 14.0. The van der Waals surface area contributed by atoms with E-state index in [0.29, 0.717) is 5.56 Å². The van der Waals surface area contributed by atoms with E-state index in [9.17, 15) is 4.39 Å². The first-order valence-electron chi connectivity index (χ1n) is 6.90. The monoisotopic (exact) mass is 280 g/mol. The lowest BCUT2D eigenvalue weighted by Crippen LogP contribution is -2.35. The molecule has 1 aromatic heterocycles. The second-order valence-corrected chi connectivity index (χ2v) is 5.54. The summed E-state index contributed by atoms with van der Waals surface area (Å²) in [6.45, 7) is 3.79. The maximum absolute atomic E-state index is 14.0. The van der Waals surface area contributed by atoms with Gasteiger partial charge in [-0.15, -0.1) is 0 Å². The van der Waals surface area contributed by atoms with Gasteiger partial charge in [-0.25, -0.2) is 4.39 Å². The molecule has 0 amide bonds. The van der Waals surface area contributed by atoms with Crippen LogP contribution < -0.4 is 5.73 Å². The molecular formula is C18H17FN2. The third-order valence-electron chi connectivity index (χ3n) is 3.86. The molecule has 21 heavy (non-hydrogen) atoms. The number of aryl methyl sites for hydroxylation is 1. The zero-order valence-corrected chi connectivity index (χ0v) is 12.1. The summed E-state index contributed by atoms with van der Waals surface area (Å²) >= 11 is 0. The Kier molecular flexibility index (Phi) is 3.22. The van der Waals surface area contributed by atoms with E-state index < -0.39 is 5.54 Å². The van der Waals surface area contributed by atoms with E-state index in [1.54, 1.807) is 18.2 Å². The molecule has 2 nitrogen and oxygen atoms in total. The van der Waals surface area contributed by atoms with Crippen molar-refractivity contribution in [2.45, 2.75) is 19.4 Å². The van der Waals surface area contributed by atoms with Gasteiger partial charge in [0.25, 0.3) is 0 Å². The summed E-state index contributed by atoms with van der Waals surface area (Å²) in [4.78, 5) is 4.47. The lowest BCUT2D eigenvalue weighted by atomic mass is 9.85. The Labute approximate surface area is 123 Å². The summed E-state index contributed by atoms with van der Waals surface area (Å²) in [6, 6.07) is 16.4. The van der Waals surface area contributed by atoms with Crippen LogP contribution in [0, 0.1) is 12.7 Å². The van der Waals surface area contributed by atoms with E-state index in [0.717, 1.165) is 22.2 Å². The molecule has 1 unspecified atom stereocenters. The molecule has 0 spiro atoms. The van der Waals surface area contributed by atoms with Crippen molar-refractivity contribution in [2.24, 2.45) is 5.73 Å². The Morgan fingerprint density at radius 2 is 1.81 bits per heavy atom. The molecule has 3 heteroatoms. The van der Waals surface area contributed by atoms with Crippen molar-refractivity contribution in [1.82, 2.24) is 4.98 Å². The summed E-state index contributed by atoms with van der Waals surface area (Å²) in [5.74, 6) is -0.287. The number of aromatic nitrogens is 1. The average molecular weight is 280 g/mol. The maximum Gasteiger partial charge on any atom is 0.128 e. The van der Waals surface area contributed by atoms with E-state index in [4.69, 9.17) is 5.73 Å². The Morgan fingerprint density at radius 1 is 1.05 bits per heavy atom. The fourth-order valence-corrected chi connectivity index (χ4v) is 2.59. The van der Waals surface area contributed by atoms with Crippen molar-refractivity contribution in [3.05, 3.63) is 77.2 Å². The van der Waals surface area contributed by atoms with Crippen LogP contribution in [0.2, 0.25) is 0 Å². The van der Waals surface area contributed by atoms with Crippen LogP contribution in [-0.2, 0) is 5.54 Å². The van der Waals surface area contributed by atoms with Gasteiger partial charge < -0.3 is 5.73 Å². The number of nitrogens with two attached hydrogens (primary N) is 1. The highest BCUT2D eigenvalue weighted by Crippen LogP contribution is 2.30. The fraction of sp³-hybridized carbons (Fsp3) is 0.167. The molecule has 0 aliphatic carbocycles. The molecule has 0 aliphatic rings. The van der Waals surface area contributed by atoms with Crippen LogP contribution >= 0.6 is 0 Å². The van der Waals surface area contributed by atoms with Crippen LogP contribution in [0.3, 0.4) is 0 Å². The number of pyridine rings is 1. The van der Waals surface area contributed by atoms with E-state index in [1.165, 1.54) is 6.07 Å². The van der Waals surface area contributed by atoms with Crippen LogP contribution in [0.5, 0.6) is 0 Å². The molecule has 0 saturated carbocycles. The molecule has 0 fully saturated rings. The minimum Gasteiger partial charge on any atom is -0.318 e. The van der Waals surface area contributed by atoms with E-state index in [-0.39, 0.29) is 5.82 Å². The van der Waals surface area contributed by atoms with Crippen molar-refractivity contribution in [3.8, 4) is 0 Å². The fourth-order valence-electron chi connectivity index (χ4n) is 2.59. The molecule has 2 N–H and O–H groups in total. The number of benzene rings is 2. The molecule has 0 aliphatic heterocycles. The number of hydrogen-bond donors (Lipinski definition) is 1. The highest BCUT2D eigenvalue weighted by Gasteiger charge is 2.26. The topological polar surface area (TPSA) is 38.9 Å². The van der Waals surface area contributed by atoms with E-state index in [1.807, 2.05) is 44.2 Å². The Balaban J connectivity index is 2.15. The normalized spacial score (nSPS) is 14.1. The summed E-state index contributed by atoms with van der Waals surface area (Å²) in [5.41, 5.74) is 8.78. The van der Waals surface area contributed by atoms with Gasteiger partial charge in [-0.2, -0.15) is 0 Å². The number of halogens is 1. The van der Waals surface area contributed by atoms with Gasteiger partial charge >= 0.3 is 0 Å². The van der Waals surface area contributed by atoms with Crippen LogP contribution in [0.4, 0.5) is 4.39 Å². The quantitative estimate of drug-likeness (QED) is 0.773. The zero-order chi connectivity index (χ0) is 15.0. The van der Waals surface area contributed by atoms with Crippen LogP contribution in [0.25, 0.3) is 10.9 Å². The Bertz CT molecular complexity index is 809. The van der Waals surface area contributed by atoms with Gasteiger partial charge in [0.1, 0.15) is 5.82 Å².